The number of benzene rings is 1. The highest BCUT2D eigenvalue weighted by Gasteiger charge is 2.22. The number of H-pyrrole nitrogens is 1. The fourth-order valence-electron chi connectivity index (χ4n) is 3.50. The van der Waals surface area contributed by atoms with Crippen molar-refractivity contribution in [3.05, 3.63) is 60.4 Å². The van der Waals surface area contributed by atoms with Crippen LogP contribution in [0, 0.1) is 0 Å². The second-order valence-electron chi connectivity index (χ2n) is 7.57. The molecule has 1 saturated heterocycles. The Labute approximate surface area is 186 Å². The second-order valence-corrected chi connectivity index (χ2v) is 8.63. The van der Waals surface area contributed by atoms with E-state index in [9.17, 15) is 4.79 Å². The van der Waals surface area contributed by atoms with E-state index >= 15 is 0 Å². The van der Waals surface area contributed by atoms with E-state index < -0.39 is 0 Å². The predicted octanol–water partition coefficient (Wildman–Crippen LogP) is 2.84. The maximum absolute atomic E-state index is 12.5. The molecule has 1 aromatic carbocycles. The van der Waals surface area contributed by atoms with Gasteiger partial charge in [-0.15, -0.1) is 0 Å². The predicted molar refractivity (Wildman–Crippen MR) is 120 cm³/mol. The number of nitrogens with zero attached hydrogens (tertiary/aromatic N) is 5. The number of hydrogen-bond donors (Lipinski definition) is 1. The molecule has 0 unspecified atom stereocenters. The summed E-state index contributed by atoms with van der Waals surface area (Å²) in [6, 6.07) is 7.79. The molecule has 1 aliphatic rings. The van der Waals surface area contributed by atoms with Crippen LogP contribution in [0.3, 0.4) is 0 Å². The summed E-state index contributed by atoms with van der Waals surface area (Å²) >= 11 is 1.74. The molecule has 0 spiro atoms. The highest BCUT2D eigenvalue weighted by Crippen LogP contribution is 2.19. The second kappa shape index (κ2) is 10.5. The summed E-state index contributed by atoms with van der Waals surface area (Å²) in [7, 11) is 2.00. The van der Waals surface area contributed by atoms with Crippen molar-refractivity contribution in [2.24, 2.45) is 7.05 Å². The molecule has 0 aliphatic carbocycles. The lowest BCUT2D eigenvalue weighted by Gasteiger charge is -2.33. The molecule has 164 valence electrons. The fourth-order valence-corrected chi connectivity index (χ4v) is 4.42. The fraction of sp³-hybridized carbons (Fsp3) is 0.409. The van der Waals surface area contributed by atoms with Crippen LogP contribution in [0.5, 0.6) is 5.75 Å². The van der Waals surface area contributed by atoms with Crippen LogP contribution >= 0.6 is 11.8 Å². The van der Waals surface area contributed by atoms with E-state index in [4.69, 9.17) is 4.74 Å². The number of aryl methyl sites for hydroxylation is 2. The van der Waals surface area contributed by atoms with Gasteiger partial charge >= 0.3 is 6.09 Å². The molecule has 1 N–H and O–H groups in total. The average Bonchev–Trinajstić information content (AvgIpc) is 3.46. The lowest BCUT2D eigenvalue weighted by Crippen LogP contribution is -2.49. The summed E-state index contributed by atoms with van der Waals surface area (Å²) in [6.07, 6.45) is 8.98. The minimum absolute atomic E-state index is 0.273. The third kappa shape index (κ3) is 6.11. The lowest BCUT2D eigenvalue weighted by molar-refractivity contribution is 0.111. The van der Waals surface area contributed by atoms with Gasteiger partial charge in [-0.05, 0) is 24.1 Å². The molecule has 1 amide bonds. The van der Waals surface area contributed by atoms with Crippen molar-refractivity contribution < 1.29 is 9.53 Å². The van der Waals surface area contributed by atoms with Crippen LogP contribution in [-0.2, 0) is 19.9 Å². The summed E-state index contributed by atoms with van der Waals surface area (Å²) in [5.74, 6) is 1.54. The molecule has 1 fully saturated rings. The normalized spacial score (nSPS) is 14.7. The molecule has 0 saturated carbocycles. The van der Waals surface area contributed by atoms with Crippen molar-refractivity contribution in [1.82, 2.24) is 29.3 Å². The topological polar surface area (TPSA) is 79.3 Å². The molecule has 4 rings (SSSR count). The van der Waals surface area contributed by atoms with Gasteiger partial charge in [0.15, 0.2) is 5.16 Å². The van der Waals surface area contributed by atoms with Crippen molar-refractivity contribution in [3.63, 3.8) is 0 Å². The summed E-state index contributed by atoms with van der Waals surface area (Å²) in [5, 5.41) is 1.02. The SMILES string of the molecule is Cn1ccnc1SCCc1ccc(OC(=O)N2CCN(CCc3c[nH]cn3)CC2)cc1. The Bertz CT molecular complexity index is 949. The number of imidazole rings is 2. The van der Waals surface area contributed by atoms with Crippen LogP contribution in [0.15, 0.2) is 54.3 Å². The van der Waals surface area contributed by atoms with Crippen LogP contribution in [-0.4, -0.2) is 73.9 Å². The van der Waals surface area contributed by atoms with E-state index in [0.29, 0.717) is 18.8 Å². The largest absolute Gasteiger partial charge is 0.415 e. The van der Waals surface area contributed by atoms with Crippen molar-refractivity contribution in [3.8, 4) is 5.75 Å². The van der Waals surface area contributed by atoms with Gasteiger partial charge < -0.3 is 19.2 Å². The van der Waals surface area contributed by atoms with Crippen LogP contribution in [0.2, 0.25) is 0 Å². The van der Waals surface area contributed by atoms with Crippen molar-refractivity contribution >= 4 is 17.9 Å². The van der Waals surface area contributed by atoms with Crippen LogP contribution in [0.1, 0.15) is 11.3 Å². The smallest absolute Gasteiger partial charge is 0.410 e. The van der Waals surface area contributed by atoms with Crippen molar-refractivity contribution in [2.75, 3.05) is 38.5 Å². The van der Waals surface area contributed by atoms with Crippen LogP contribution in [0.4, 0.5) is 4.79 Å². The van der Waals surface area contributed by atoms with E-state index in [2.05, 4.69) is 19.9 Å². The number of ether oxygens (including phenoxy) is 1. The van der Waals surface area contributed by atoms with E-state index in [0.717, 1.165) is 49.1 Å². The molecular weight excluding hydrogens is 412 g/mol. The molecule has 9 heteroatoms. The zero-order chi connectivity index (χ0) is 21.5. The van der Waals surface area contributed by atoms with Gasteiger partial charge in [-0.1, -0.05) is 23.9 Å². The first-order valence-electron chi connectivity index (χ1n) is 10.5. The highest BCUT2D eigenvalue weighted by molar-refractivity contribution is 7.99. The van der Waals surface area contributed by atoms with Gasteiger partial charge in [0, 0.05) is 70.5 Å². The van der Waals surface area contributed by atoms with Crippen LogP contribution in [0.25, 0.3) is 0 Å². The van der Waals surface area contributed by atoms with Crippen LogP contribution < -0.4 is 4.74 Å². The Morgan fingerprint density at radius 3 is 2.61 bits per heavy atom. The van der Waals surface area contributed by atoms with Gasteiger partial charge in [0.1, 0.15) is 5.75 Å². The zero-order valence-electron chi connectivity index (χ0n) is 17.7. The quantitative estimate of drug-likeness (QED) is 0.543. The van der Waals surface area contributed by atoms with Gasteiger partial charge in [0.2, 0.25) is 0 Å². The molecule has 0 atom stereocenters. The van der Waals surface area contributed by atoms with Gasteiger partial charge in [0.05, 0.1) is 12.0 Å². The molecule has 31 heavy (non-hydrogen) atoms. The summed E-state index contributed by atoms with van der Waals surface area (Å²) in [4.78, 5) is 28.2. The molecule has 8 nitrogen and oxygen atoms in total. The zero-order valence-corrected chi connectivity index (χ0v) is 18.6. The summed E-state index contributed by atoms with van der Waals surface area (Å²) in [5.41, 5.74) is 2.28. The van der Waals surface area contributed by atoms with Gasteiger partial charge in [-0.3, -0.25) is 4.90 Å². The number of thioether (sulfide) groups is 1. The number of rotatable bonds is 8. The molecule has 1 aliphatic heterocycles. The first-order chi connectivity index (χ1) is 15.2. The Morgan fingerprint density at radius 1 is 1.13 bits per heavy atom. The highest BCUT2D eigenvalue weighted by atomic mass is 32.2. The Kier molecular flexibility index (Phi) is 7.26. The number of aromatic nitrogens is 4. The minimum Gasteiger partial charge on any atom is -0.410 e. The van der Waals surface area contributed by atoms with E-state index in [1.54, 1.807) is 23.0 Å². The number of carbonyl (C=O) groups excluding carboxylic acids is 1. The maximum atomic E-state index is 12.5. The summed E-state index contributed by atoms with van der Waals surface area (Å²) in [6.45, 7) is 4.02. The third-order valence-corrected chi connectivity index (χ3v) is 6.46. The maximum Gasteiger partial charge on any atom is 0.415 e. The number of hydrogen-bond acceptors (Lipinski definition) is 6. The van der Waals surface area contributed by atoms with E-state index in [1.165, 1.54) is 5.56 Å². The third-order valence-electron chi connectivity index (χ3n) is 5.40. The van der Waals surface area contributed by atoms with Gasteiger partial charge in [0.25, 0.3) is 0 Å². The van der Waals surface area contributed by atoms with E-state index in [-0.39, 0.29) is 6.09 Å². The Balaban J connectivity index is 1.17. The molecule has 3 aromatic rings. The monoisotopic (exact) mass is 440 g/mol. The number of amides is 1. The number of aromatic amines is 1. The number of carbonyl (C=O) groups is 1. The molecule has 2 aromatic heterocycles. The summed E-state index contributed by atoms with van der Waals surface area (Å²) < 4.78 is 7.60. The lowest BCUT2D eigenvalue weighted by atomic mass is 10.2. The van der Waals surface area contributed by atoms with Crippen molar-refractivity contribution in [1.29, 1.82) is 0 Å². The first-order valence-corrected chi connectivity index (χ1v) is 11.5. The van der Waals surface area contributed by atoms with E-state index in [1.807, 2.05) is 54.5 Å². The Hall–Kier alpha value is -2.78. The standard InChI is InChI=1S/C22H28N6O2S/c1-26-10-8-24-21(26)31-15-7-18-2-4-20(5-3-18)30-22(29)28-13-11-27(12-14-28)9-6-19-16-23-17-25-19/h2-5,8,10,16-17H,6-7,9,11-15H2,1H3,(H,23,25). The number of nitrogens with one attached hydrogen (secondary N) is 1. The molecular formula is C22H28N6O2S. The molecule has 0 bridgehead atoms. The minimum atomic E-state index is -0.273. The Morgan fingerprint density at radius 2 is 1.94 bits per heavy atom. The molecule has 3 heterocycles. The first kappa shape index (κ1) is 21.5. The number of piperazine rings is 1. The molecule has 0 radical (unpaired) electrons. The average molecular weight is 441 g/mol. The van der Waals surface area contributed by atoms with Gasteiger partial charge in [-0.25, -0.2) is 14.8 Å². The van der Waals surface area contributed by atoms with Gasteiger partial charge in [-0.2, -0.15) is 0 Å². The van der Waals surface area contributed by atoms with Crippen molar-refractivity contribution in [2.45, 2.75) is 18.0 Å².